The number of hydrogen-bond donors (Lipinski definition) is 1. The Hall–Kier alpha value is -1.54. The molecule has 1 aliphatic heterocycles. The minimum atomic E-state index is -0.389. The molecule has 0 aromatic heterocycles. The molecule has 1 heterocycles. The molecule has 0 radical (unpaired) electrons. The van der Waals surface area contributed by atoms with E-state index in [0.29, 0.717) is 13.0 Å². The van der Waals surface area contributed by atoms with Crippen molar-refractivity contribution in [2.75, 3.05) is 6.61 Å². The van der Waals surface area contributed by atoms with Crippen molar-refractivity contribution < 1.29 is 9.84 Å². The minimum absolute atomic E-state index is 0.389. The van der Waals surface area contributed by atoms with Crippen LogP contribution >= 0.6 is 0 Å². The largest absolute Gasteiger partial charge is 0.493 e. The van der Waals surface area contributed by atoms with Crippen LogP contribution in [0.25, 0.3) is 10.8 Å². The van der Waals surface area contributed by atoms with Gasteiger partial charge in [-0.2, -0.15) is 0 Å². The molecule has 2 nitrogen and oxygen atoms in total. The summed E-state index contributed by atoms with van der Waals surface area (Å²) in [6.07, 6.45) is 0.293. The fourth-order valence-corrected chi connectivity index (χ4v) is 2.17. The highest BCUT2D eigenvalue weighted by Crippen LogP contribution is 2.37. The first kappa shape index (κ1) is 8.74. The van der Waals surface area contributed by atoms with E-state index >= 15 is 0 Å². The number of ether oxygens (including phenoxy) is 1. The average molecular weight is 200 g/mol. The van der Waals surface area contributed by atoms with Gasteiger partial charge < -0.3 is 9.84 Å². The van der Waals surface area contributed by atoms with Gasteiger partial charge in [0.25, 0.3) is 0 Å². The third kappa shape index (κ3) is 1.29. The van der Waals surface area contributed by atoms with Crippen molar-refractivity contribution >= 4 is 10.8 Å². The zero-order chi connectivity index (χ0) is 10.3. The van der Waals surface area contributed by atoms with Gasteiger partial charge in [0.05, 0.1) is 12.7 Å². The van der Waals surface area contributed by atoms with Gasteiger partial charge in [0.2, 0.25) is 0 Å². The van der Waals surface area contributed by atoms with Gasteiger partial charge in [0, 0.05) is 12.0 Å². The van der Waals surface area contributed by atoms with Crippen molar-refractivity contribution in [1.29, 1.82) is 0 Å². The monoisotopic (exact) mass is 200 g/mol. The third-order valence-electron chi connectivity index (χ3n) is 2.91. The lowest BCUT2D eigenvalue weighted by atomic mass is 9.96. The van der Waals surface area contributed by atoms with Crippen LogP contribution in [0.1, 0.15) is 18.1 Å². The fourth-order valence-electron chi connectivity index (χ4n) is 2.17. The molecule has 2 aromatic carbocycles. The summed E-state index contributed by atoms with van der Waals surface area (Å²) in [5.74, 6) is 0.826. The van der Waals surface area contributed by atoms with Crippen molar-refractivity contribution in [1.82, 2.24) is 0 Å². The van der Waals surface area contributed by atoms with E-state index in [2.05, 4.69) is 6.07 Å². The average Bonchev–Trinajstić information content (AvgIpc) is 2.29. The highest BCUT2D eigenvalue weighted by molar-refractivity contribution is 5.88. The highest BCUT2D eigenvalue weighted by Gasteiger charge is 2.21. The molecule has 1 unspecified atom stereocenters. The first-order valence-electron chi connectivity index (χ1n) is 5.19. The summed E-state index contributed by atoms with van der Waals surface area (Å²) in [6.45, 7) is 0.604. The number of hydrogen-bond acceptors (Lipinski definition) is 2. The molecule has 2 aromatic rings. The number of rotatable bonds is 0. The Kier molecular flexibility index (Phi) is 1.89. The molecule has 0 amide bonds. The summed E-state index contributed by atoms with van der Waals surface area (Å²) in [6, 6.07) is 12.1. The van der Waals surface area contributed by atoms with Crippen molar-refractivity contribution in [2.24, 2.45) is 0 Å². The molecule has 0 fully saturated rings. The van der Waals surface area contributed by atoms with Crippen LogP contribution in [0.3, 0.4) is 0 Å². The van der Waals surface area contributed by atoms with E-state index in [1.165, 1.54) is 0 Å². The maximum absolute atomic E-state index is 9.98. The predicted octanol–water partition coefficient (Wildman–Crippen LogP) is 2.66. The van der Waals surface area contributed by atoms with Crippen molar-refractivity contribution in [3.63, 3.8) is 0 Å². The first-order valence-corrected chi connectivity index (χ1v) is 5.19. The zero-order valence-corrected chi connectivity index (χ0v) is 8.31. The van der Waals surface area contributed by atoms with E-state index in [0.717, 1.165) is 22.1 Å². The lowest BCUT2D eigenvalue weighted by Crippen LogP contribution is -2.13. The SMILES string of the molecule is OC1CCOc2ccc3ccccc3c21. The molecule has 1 atom stereocenters. The van der Waals surface area contributed by atoms with Crippen LogP contribution in [0, 0.1) is 0 Å². The smallest absolute Gasteiger partial charge is 0.125 e. The van der Waals surface area contributed by atoms with Crippen molar-refractivity contribution in [3.05, 3.63) is 42.0 Å². The molecule has 76 valence electrons. The predicted molar refractivity (Wildman–Crippen MR) is 59.0 cm³/mol. The second kappa shape index (κ2) is 3.24. The Morgan fingerprint density at radius 3 is 2.93 bits per heavy atom. The Labute approximate surface area is 88.1 Å². The Balaban J connectivity index is 2.35. The Bertz CT molecular complexity index is 505. The lowest BCUT2D eigenvalue weighted by molar-refractivity contribution is 0.117. The van der Waals surface area contributed by atoms with Crippen LogP contribution in [0.2, 0.25) is 0 Å². The van der Waals surface area contributed by atoms with Gasteiger partial charge in [0.15, 0.2) is 0 Å². The van der Waals surface area contributed by atoms with Gasteiger partial charge >= 0.3 is 0 Å². The van der Waals surface area contributed by atoms with Crippen molar-refractivity contribution in [3.8, 4) is 5.75 Å². The topological polar surface area (TPSA) is 29.5 Å². The Morgan fingerprint density at radius 1 is 1.13 bits per heavy atom. The molecule has 3 rings (SSSR count). The molecular formula is C13H12O2. The van der Waals surface area contributed by atoms with Crippen LogP contribution in [0.5, 0.6) is 5.75 Å². The normalized spacial score (nSPS) is 19.7. The number of fused-ring (bicyclic) bond motifs is 3. The molecule has 0 saturated heterocycles. The second-order valence-corrected chi connectivity index (χ2v) is 3.85. The molecule has 1 aliphatic rings. The summed E-state index contributed by atoms with van der Waals surface area (Å²) < 4.78 is 5.54. The molecule has 0 spiro atoms. The summed E-state index contributed by atoms with van der Waals surface area (Å²) in [4.78, 5) is 0. The quantitative estimate of drug-likeness (QED) is 0.708. The van der Waals surface area contributed by atoms with Gasteiger partial charge in [-0.15, -0.1) is 0 Å². The second-order valence-electron chi connectivity index (χ2n) is 3.85. The van der Waals surface area contributed by atoms with Crippen LogP contribution in [-0.2, 0) is 0 Å². The first-order chi connectivity index (χ1) is 7.36. The van der Waals surface area contributed by atoms with E-state index in [1.807, 2.05) is 30.3 Å². The third-order valence-corrected chi connectivity index (χ3v) is 2.91. The molecular weight excluding hydrogens is 188 g/mol. The van der Waals surface area contributed by atoms with Gasteiger partial charge in [-0.05, 0) is 16.8 Å². The van der Waals surface area contributed by atoms with E-state index in [-0.39, 0.29) is 6.10 Å². The van der Waals surface area contributed by atoms with Crippen LogP contribution in [-0.4, -0.2) is 11.7 Å². The molecule has 15 heavy (non-hydrogen) atoms. The van der Waals surface area contributed by atoms with E-state index in [4.69, 9.17) is 4.74 Å². The summed E-state index contributed by atoms with van der Waals surface area (Å²) in [7, 11) is 0. The van der Waals surface area contributed by atoms with Gasteiger partial charge in [-0.3, -0.25) is 0 Å². The fraction of sp³-hybridized carbons (Fsp3) is 0.231. The van der Waals surface area contributed by atoms with E-state index in [9.17, 15) is 5.11 Å². The van der Waals surface area contributed by atoms with Gasteiger partial charge in [-0.1, -0.05) is 30.3 Å². The van der Waals surface area contributed by atoms with Crippen LogP contribution in [0.15, 0.2) is 36.4 Å². The standard InChI is InChI=1S/C13H12O2/c14-11-7-8-15-12-6-5-9-3-1-2-4-10(9)13(11)12/h1-6,11,14H,7-8H2. The molecule has 2 heteroatoms. The van der Waals surface area contributed by atoms with Gasteiger partial charge in [-0.25, -0.2) is 0 Å². The zero-order valence-electron chi connectivity index (χ0n) is 8.31. The van der Waals surface area contributed by atoms with Crippen molar-refractivity contribution in [2.45, 2.75) is 12.5 Å². The van der Waals surface area contributed by atoms with Gasteiger partial charge in [0.1, 0.15) is 5.75 Å². The van der Waals surface area contributed by atoms with E-state index < -0.39 is 0 Å². The Morgan fingerprint density at radius 2 is 2.00 bits per heavy atom. The summed E-state index contributed by atoms with van der Waals surface area (Å²) >= 11 is 0. The molecule has 0 bridgehead atoms. The van der Waals surface area contributed by atoms with Crippen LogP contribution in [0.4, 0.5) is 0 Å². The summed E-state index contributed by atoms with van der Waals surface area (Å²) in [5.41, 5.74) is 0.944. The number of aliphatic hydroxyl groups is 1. The molecule has 0 aliphatic carbocycles. The van der Waals surface area contributed by atoms with E-state index in [1.54, 1.807) is 0 Å². The van der Waals surface area contributed by atoms with Crippen LogP contribution < -0.4 is 4.74 Å². The summed E-state index contributed by atoms with van der Waals surface area (Å²) in [5, 5.41) is 12.2. The number of aliphatic hydroxyl groups excluding tert-OH is 1. The number of benzene rings is 2. The molecule has 1 N–H and O–H groups in total. The highest BCUT2D eigenvalue weighted by atomic mass is 16.5. The lowest BCUT2D eigenvalue weighted by Gasteiger charge is -2.23. The molecule has 0 saturated carbocycles. The maximum atomic E-state index is 9.98. The minimum Gasteiger partial charge on any atom is -0.493 e. The maximum Gasteiger partial charge on any atom is 0.125 e.